The number of ether oxygens (including phenoxy) is 1. The molecular formula is C45H65N5O9. The average Bonchev–Trinajstić information content (AvgIpc) is 3.21. The van der Waals surface area contributed by atoms with Crippen molar-refractivity contribution < 1.29 is 43.7 Å². The Bertz CT molecular complexity index is 1660. The van der Waals surface area contributed by atoms with Crippen LogP contribution in [0.2, 0.25) is 0 Å². The van der Waals surface area contributed by atoms with E-state index in [-0.39, 0.29) is 55.1 Å². The van der Waals surface area contributed by atoms with Gasteiger partial charge in [0.2, 0.25) is 11.8 Å². The van der Waals surface area contributed by atoms with Gasteiger partial charge in [-0.25, -0.2) is 5.43 Å². The Morgan fingerprint density at radius 2 is 1.76 bits per heavy atom. The summed E-state index contributed by atoms with van der Waals surface area (Å²) >= 11 is 0. The topological polar surface area (TPSA) is 203 Å². The Morgan fingerprint density at radius 3 is 2.39 bits per heavy atom. The SMILES string of the molecule is C=CCNC(=O)/C=C/C=C(\C)[C@H](C/C=C/C=C/[C@H](O)C(C)C(O)C(C=O)CCC(C)=O)OC(=O)C1CCCN(C(=O)C(Cc2ccccc2)NC(=O)C(NC)C(C)C)N1. The molecule has 1 fully saturated rings. The first kappa shape index (κ1) is 50.1. The molecule has 59 heavy (non-hydrogen) atoms. The van der Waals surface area contributed by atoms with Crippen molar-refractivity contribution in [3.63, 3.8) is 0 Å². The molecule has 1 aromatic rings. The molecular weight excluding hydrogens is 755 g/mol. The monoisotopic (exact) mass is 819 g/mol. The lowest BCUT2D eigenvalue weighted by molar-refractivity contribution is -0.156. The van der Waals surface area contributed by atoms with Gasteiger partial charge in [-0.1, -0.05) is 93.6 Å². The number of ketones is 1. The second kappa shape index (κ2) is 26.9. The molecule has 0 spiro atoms. The molecule has 1 aliphatic heterocycles. The number of aldehydes is 1. The van der Waals surface area contributed by atoms with Crippen LogP contribution in [-0.2, 0) is 39.9 Å². The van der Waals surface area contributed by atoms with Crippen molar-refractivity contribution in [1.82, 2.24) is 26.4 Å². The molecule has 0 aliphatic carbocycles. The third kappa shape index (κ3) is 17.8. The number of hydrogen-bond donors (Lipinski definition) is 6. The minimum atomic E-state index is -1.15. The third-order valence-electron chi connectivity index (χ3n) is 10.1. The summed E-state index contributed by atoms with van der Waals surface area (Å²) in [6, 6.07) is 7.08. The number of aliphatic hydroxyl groups is 2. The minimum absolute atomic E-state index is 0.0253. The highest BCUT2D eigenvalue weighted by molar-refractivity contribution is 5.90. The second-order valence-electron chi connectivity index (χ2n) is 15.2. The van der Waals surface area contributed by atoms with E-state index in [4.69, 9.17) is 4.74 Å². The van der Waals surface area contributed by atoms with Crippen molar-refractivity contribution in [2.75, 3.05) is 20.1 Å². The lowest BCUT2D eigenvalue weighted by Gasteiger charge is -2.36. The van der Waals surface area contributed by atoms with Crippen LogP contribution >= 0.6 is 0 Å². The summed E-state index contributed by atoms with van der Waals surface area (Å²) < 4.78 is 6.02. The van der Waals surface area contributed by atoms with Crippen LogP contribution in [0.25, 0.3) is 0 Å². The van der Waals surface area contributed by atoms with Gasteiger partial charge in [0, 0.05) is 50.3 Å². The fraction of sp³-hybridized carbons (Fsp3) is 0.511. The predicted molar refractivity (Wildman–Crippen MR) is 227 cm³/mol. The summed E-state index contributed by atoms with van der Waals surface area (Å²) in [5, 5.41) is 31.3. The van der Waals surface area contributed by atoms with E-state index in [1.807, 2.05) is 44.2 Å². The van der Waals surface area contributed by atoms with E-state index in [9.17, 15) is 39.0 Å². The molecule has 0 saturated carbocycles. The van der Waals surface area contributed by atoms with Gasteiger partial charge in [0.15, 0.2) is 0 Å². The van der Waals surface area contributed by atoms with Crippen molar-refractivity contribution in [1.29, 1.82) is 0 Å². The van der Waals surface area contributed by atoms with Crippen molar-refractivity contribution in [3.8, 4) is 0 Å². The molecule has 1 saturated heterocycles. The van der Waals surface area contributed by atoms with Crippen LogP contribution in [0.4, 0.5) is 0 Å². The summed E-state index contributed by atoms with van der Waals surface area (Å²) in [5.41, 5.74) is 4.53. The van der Waals surface area contributed by atoms with Crippen LogP contribution in [0.15, 0.2) is 91.1 Å². The normalized spacial score (nSPS) is 18.5. The molecule has 2 rings (SSSR count). The lowest BCUT2D eigenvalue weighted by atomic mass is 9.86. The number of carbonyl (C=O) groups is 6. The number of aliphatic hydroxyl groups excluding tert-OH is 2. The Morgan fingerprint density at radius 1 is 1.05 bits per heavy atom. The zero-order valence-electron chi connectivity index (χ0n) is 35.3. The van der Waals surface area contributed by atoms with Gasteiger partial charge in [0.25, 0.3) is 5.91 Å². The molecule has 1 heterocycles. The fourth-order valence-corrected chi connectivity index (χ4v) is 6.47. The zero-order chi connectivity index (χ0) is 43.9. The predicted octanol–water partition coefficient (Wildman–Crippen LogP) is 3.21. The average molecular weight is 820 g/mol. The molecule has 6 unspecified atom stereocenters. The van der Waals surface area contributed by atoms with Gasteiger partial charge in [-0.2, -0.15) is 0 Å². The number of benzene rings is 1. The maximum absolute atomic E-state index is 14.0. The second-order valence-corrected chi connectivity index (χ2v) is 15.2. The summed E-state index contributed by atoms with van der Waals surface area (Å²) in [4.78, 5) is 76.1. The lowest BCUT2D eigenvalue weighted by Crippen LogP contribution is -2.61. The van der Waals surface area contributed by atoms with Gasteiger partial charge in [0.05, 0.1) is 18.2 Å². The molecule has 8 atom stereocenters. The van der Waals surface area contributed by atoms with E-state index in [0.29, 0.717) is 37.8 Å². The highest BCUT2D eigenvalue weighted by atomic mass is 16.5. The van der Waals surface area contributed by atoms with Crippen molar-refractivity contribution >= 4 is 35.8 Å². The van der Waals surface area contributed by atoms with E-state index < -0.39 is 54.2 Å². The Labute approximate surface area is 349 Å². The largest absolute Gasteiger partial charge is 0.456 e. The Hall–Kier alpha value is -5.02. The molecule has 1 aromatic carbocycles. The van der Waals surface area contributed by atoms with E-state index in [1.165, 1.54) is 24.1 Å². The van der Waals surface area contributed by atoms with E-state index in [1.54, 1.807) is 57.4 Å². The number of allylic oxidation sites excluding steroid dienone is 4. The fourth-order valence-electron chi connectivity index (χ4n) is 6.47. The van der Waals surface area contributed by atoms with Crippen LogP contribution < -0.4 is 21.4 Å². The van der Waals surface area contributed by atoms with Crippen molar-refractivity contribution in [2.24, 2.45) is 17.8 Å². The summed E-state index contributed by atoms with van der Waals surface area (Å²) in [5.74, 6) is -3.22. The number of esters is 1. The summed E-state index contributed by atoms with van der Waals surface area (Å²) in [6.07, 6.45) is 11.8. The number of hydrogen-bond acceptors (Lipinski definition) is 11. The van der Waals surface area contributed by atoms with Crippen molar-refractivity contribution in [3.05, 3.63) is 96.7 Å². The molecule has 0 bridgehead atoms. The highest BCUT2D eigenvalue weighted by Crippen LogP contribution is 2.21. The van der Waals surface area contributed by atoms with Crippen LogP contribution in [0.1, 0.15) is 72.3 Å². The standard InChI is InChI=1S/C45H65N5O9/c1-8-26-47-40(54)23-15-17-31(4)39(22-14-10-13-21-38(53)33(6)42(55)35(29-51)25-24-32(5)52)59-45(58)36-20-16-27-50(49-36)44(57)37(28-34-18-11-9-12-19-34)48-43(56)41(46-7)30(2)3/h8-15,17-19,21,23,29-30,33,35-39,41-42,46,49,53,55H,1,16,20,22,24-28H2,2-7H3,(H,47,54)(H,48,56)/b14-10+,21-13+,23-15+,31-17+/t33?,35?,36?,37?,38-,39-,41?,42?/m0/s1. The summed E-state index contributed by atoms with van der Waals surface area (Å²) in [7, 11) is 1.70. The zero-order valence-corrected chi connectivity index (χ0v) is 35.3. The first-order valence-corrected chi connectivity index (χ1v) is 20.3. The molecule has 3 amide bonds. The van der Waals surface area contributed by atoms with Crippen LogP contribution in [-0.4, -0.2) is 108 Å². The first-order chi connectivity index (χ1) is 28.1. The molecule has 1 aliphatic rings. The number of Topliss-reactive ketones (excluding diaryl/α,β-unsaturated/α-hetero) is 1. The minimum Gasteiger partial charge on any atom is -0.456 e. The number of likely N-dealkylation sites (N-methyl/N-ethyl adjacent to an activating group) is 1. The number of rotatable bonds is 25. The number of carbonyl (C=O) groups excluding carboxylic acids is 6. The van der Waals surface area contributed by atoms with Gasteiger partial charge in [-0.3, -0.25) is 24.2 Å². The Balaban J connectivity index is 2.24. The molecule has 0 radical (unpaired) electrons. The number of hydrazine groups is 1. The van der Waals surface area contributed by atoms with Gasteiger partial charge in [-0.05, 0) is 57.2 Å². The number of amides is 3. The molecule has 14 nitrogen and oxygen atoms in total. The number of nitrogens with zero attached hydrogens (tertiary/aromatic N) is 1. The third-order valence-corrected chi connectivity index (χ3v) is 10.1. The summed E-state index contributed by atoms with van der Waals surface area (Å²) in [6.45, 7) is 12.8. The van der Waals surface area contributed by atoms with Crippen LogP contribution in [0, 0.1) is 17.8 Å². The first-order valence-electron chi connectivity index (χ1n) is 20.3. The maximum atomic E-state index is 14.0. The molecule has 0 aromatic heterocycles. The van der Waals surface area contributed by atoms with Gasteiger partial charge in [0.1, 0.15) is 30.3 Å². The van der Waals surface area contributed by atoms with Gasteiger partial charge >= 0.3 is 5.97 Å². The molecule has 14 heteroatoms. The quantitative estimate of drug-likeness (QED) is 0.0278. The highest BCUT2D eigenvalue weighted by Gasteiger charge is 2.35. The van der Waals surface area contributed by atoms with Gasteiger partial charge in [-0.15, -0.1) is 6.58 Å². The number of nitrogens with one attached hydrogen (secondary N) is 4. The van der Waals surface area contributed by atoms with Gasteiger partial charge < -0.3 is 40.5 Å². The maximum Gasteiger partial charge on any atom is 0.325 e. The smallest absolute Gasteiger partial charge is 0.325 e. The molecule has 6 N–H and O–H groups in total. The van der Waals surface area contributed by atoms with Crippen LogP contribution in [0.3, 0.4) is 0 Å². The van der Waals surface area contributed by atoms with E-state index >= 15 is 0 Å². The van der Waals surface area contributed by atoms with Crippen molar-refractivity contribution in [2.45, 2.75) is 110 Å². The van der Waals surface area contributed by atoms with E-state index in [0.717, 1.165) is 5.56 Å². The van der Waals surface area contributed by atoms with Crippen LogP contribution in [0.5, 0.6) is 0 Å². The Kier molecular flexibility index (Phi) is 22.8. The van der Waals surface area contributed by atoms with E-state index in [2.05, 4.69) is 28.0 Å². The molecule has 324 valence electrons.